The van der Waals surface area contributed by atoms with Gasteiger partial charge < -0.3 is 19.6 Å². The summed E-state index contributed by atoms with van der Waals surface area (Å²) >= 11 is 1.23. The Hall–Kier alpha value is -2.81. The van der Waals surface area contributed by atoms with Crippen LogP contribution in [-0.2, 0) is 11.8 Å². The second kappa shape index (κ2) is 6.75. The summed E-state index contributed by atoms with van der Waals surface area (Å²) < 4.78 is 6.88. The minimum absolute atomic E-state index is 0.146. The first kappa shape index (κ1) is 16.1. The van der Waals surface area contributed by atoms with Crippen LogP contribution in [0.1, 0.15) is 0 Å². The van der Waals surface area contributed by atoms with Crippen LogP contribution in [0, 0.1) is 0 Å². The van der Waals surface area contributed by atoms with Gasteiger partial charge in [-0.3, -0.25) is 9.59 Å². The number of ether oxygens (including phenoxy) is 1. The number of H-pyrrole nitrogens is 1. The smallest absolute Gasteiger partial charge is 0.278 e. The van der Waals surface area contributed by atoms with Gasteiger partial charge in [0, 0.05) is 7.05 Å². The van der Waals surface area contributed by atoms with Crippen molar-refractivity contribution in [2.24, 2.45) is 7.05 Å². The van der Waals surface area contributed by atoms with Crippen molar-refractivity contribution in [3.05, 3.63) is 40.9 Å². The van der Waals surface area contributed by atoms with Crippen molar-refractivity contribution in [1.82, 2.24) is 19.5 Å². The normalized spacial score (nSPS) is 10.8. The van der Waals surface area contributed by atoms with E-state index in [0.717, 1.165) is 0 Å². The number of nitrogens with one attached hydrogen (secondary N) is 2. The number of hydrogen-bond acceptors (Lipinski definition) is 6. The van der Waals surface area contributed by atoms with Crippen molar-refractivity contribution >= 4 is 34.5 Å². The first-order valence-electron chi connectivity index (χ1n) is 7.06. The average molecular weight is 345 g/mol. The van der Waals surface area contributed by atoms with Crippen molar-refractivity contribution in [3.63, 3.8) is 0 Å². The number of aromatic nitrogens is 4. The SMILES string of the molecule is COc1ccccc1NC(=O)CSc1nc2c(=O)[nH]cnc2n1C. The Morgan fingerprint density at radius 3 is 2.96 bits per heavy atom. The fourth-order valence-corrected chi connectivity index (χ4v) is 2.95. The summed E-state index contributed by atoms with van der Waals surface area (Å²) in [4.78, 5) is 34.7. The number of nitrogens with zero attached hydrogens (tertiary/aromatic N) is 3. The van der Waals surface area contributed by atoms with E-state index in [2.05, 4.69) is 20.3 Å². The molecule has 3 aromatic rings. The van der Waals surface area contributed by atoms with Crippen LogP contribution in [-0.4, -0.2) is 38.3 Å². The van der Waals surface area contributed by atoms with Gasteiger partial charge in [-0.2, -0.15) is 0 Å². The van der Waals surface area contributed by atoms with Gasteiger partial charge >= 0.3 is 0 Å². The number of rotatable bonds is 5. The Labute approximate surface area is 141 Å². The third-order valence-electron chi connectivity index (χ3n) is 3.33. The molecule has 0 radical (unpaired) electrons. The van der Waals surface area contributed by atoms with Gasteiger partial charge in [0.2, 0.25) is 5.91 Å². The highest BCUT2D eigenvalue weighted by molar-refractivity contribution is 7.99. The van der Waals surface area contributed by atoms with E-state index in [-0.39, 0.29) is 22.7 Å². The number of thioether (sulfide) groups is 1. The molecule has 0 fully saturated rings. The Kier molecular flexibility index (Phi) is 4.52. The Morgan fingerprint density at radius 2 is 2.21 bits per heavy atom. The van der Waals surface area contributed by atoms with Gasteiger partial charge in [-0.05, 0) is 12.1 Å². The molecule has 0 bridgehead atoms. The lowest BCUT2D eigenvalue weighted by molar-refractivity contribution is -0.113. The highest BCUT2D eigenvalue weighted by Gasteiger charge is 2.14. The quantitative estimate of drug-likeness (QED) is 0.678. The number of carbonyl (C=O) groups excluding carboxylic acids is 1. The number of methoxy groups -OCH3 is 1. The summed E-state index contributed by atoms with van der Waals surface area (Å²) in [5.74, 6) is 0.542. The number of para-hydroxylation sites is 2. The standard InChI is InChI=1S/C15H15N5O3S/c1-20-13-12(14(22)17-8-16-13)19-15(20)24-7-11(21)18-9-5-3-4-6-10(9)23-2/h3-6,8H,7H2,1-2H3,(H,18,21)(H,16,17,22). The molecule has 2 aromatic heterocycles. The van der Waals surface area contributed by atoms with E-state index in [9.17, 15) is 9.59 Å². The number of aryl methyl sites for hydroxylation is 1. The second-order valence-corrected chi connectivity index (χ2v) is 5.84. The molecule has 0 spiro atoms. The maximum Gasteiger partial charge on any atom is 0.278 e. The number of imidazole rings is 1. The van der Waals surface area contributed by atoms with Crippen LogP contribution in [0.15, 0.2) is 40.5 Å². The van der Waals surface area contributed by atoms with Gasteiger partial charge in [0.1, 0.15) is 5.75 Å². The lowest BCUT2D eigenvalue weighted by Gasteiger charge is -2.09. The number of hydrogen-bond donors (Lipinski definition) is 2. The Bertz CT molecular complexity index is 950. The van der Waals surface area contributed by atoms with Crippen molar-refractivity contribution in [1.29, 1.82) is 0 Å². The van der Waals surface area contributed by atoms with Crippen LogP contribution in [0.5, 0.6) is 5.75 Å². The number of carbonyl (C=O) groups is 1. The largest absolute Gasteiger partial charge is 0.495 e. The second-order valence-electron chi connectivity index (χ2n) is 4.89. The van der Waals surface area contributed by atoms with Gasteiger partial charge in [0.05, 0.1) is 24.9 Å². The molecule has 2 heterocycles. The zero-order chi connectivity index (χ0) is 17.1. The lowest BCUT2D eigenvalue weighted by atomic mass is 10.3. The molecule has 2 N–H and O–H groups in total. The monoisotopic (exact) mass is 345 g/mol. The van der Waals surface area contributed by atoms with Crippen molar-refractivity contribution < 1.29 is 9.53 Å². The van der Waals surface area contributed by atoms with E-state index in [1.54, 1.807) is 30.9 Å². The van der Waals surface area contributed by atoms with E-state index in [0.29, 0.717) is 22.2 Å². The van der Waals surface area contributed by atoms with Gasteiger partial charge in [0.25, 0.3) is 5.56 Å². The average Bonchev–Trinajstić information content (AvgIpc) is 2.91. The number of fused-ring (bicyclic) bond motifs is 1. The summed E-state index contributed by atoms with van der Waals surface area (Å²) in [5.41, 5.74) is 1.04. The number of benzene rings is 1. The molecule has 0 saturated heterocycles. The highest BCUT2D eigenvalue weighted by atomic mass is 32.2. The molecular formula is C15H15N5O3S. The number of anilines is 1. The van der Waals surface area contributed by atoms with E-state index >= 15 is 0 Å². The molecule has 0 unspecified atom stereocenters. The third-order valence-corrected chi connectivity index (χ3v) is 4.36. The predicted octanol–water partition coefficient (Wildman–Crippen LogP) is 1.40. The van der Waals surface area contributed by atoms with Gasteiger partial charge in [-0.1, -0.05) is 23.9 Å². The number of aromatic amines is 1. The fraction of sp³-hybridized carbons (Fsp3) is 0.200. The first-order valence-corrected chi connectivity index (χ1v) is 8.04. The zero-order valence-corrected chi connectivity index (χ0v) is 13.9. The van der Waals surface area contributed by atoms with Crippen LogP contribution in [0.3, 0.4) is 0 Å². The van der Waals surface area contributed by atoms with Crippen molar-refractivity contribution in [3.8, 4) is 5.75 Å². The molecule has 0 aliphatic carbocycles. The maximum absolute atomic E-state index is 12.1. The molecular weight excluding hydrogens is 330 g/mol. The lowest BCUT2D eigenvalue weighted by Crippen LogP contribution is -2.15. The van der Waals surface area contributed by atoms with E-state index in [1.807, 2.05) is 12.1 Å². The van der Waals surface area contributed by atoms with E-state index < -0.39 is 0 Å². The van der Waals surface area contributed by atoms with Crippen molar-refractivity contribution in [2.75, 3.05) is 18.2 Å². The van der Waals surface area contributed by atoms with Gasteiger partial charge in [0.15, 0.2) is 16.3 Å². The zero-order valence-electron chi connectivity index (χ0n) is 13.1. The highest BCUT2D eigenvalue weighted by Crippen LogP contribution is 2.24. The topological polar surface area (TPSA) is 102 Å². The third kappa shape index (κ3) is 3.11. The molecule has 1 aromatic carbocycles. The minimum atomic E-state index is -0.305. The van der Waals surface area contributed by atoms with E-state index in [1.165, 1.54) is 18.1 Å². The number of amides is 1. The summed E-state index contributed by atoms with van der Waals surface area (Å²) in [6, 6.07) is 7.17. The first-order chi connectivity index (χ1) is 11.6. The molecule has 0 atom stereocenters. The molecule has 0 saturated carbocycles. The van der Waals surface area contributed by atoms with Crippen LogP contribution in [0.2, 0.25) is 0 Å². The molecule has 0 aliphatic rings. The van der Waals surface area contributed by atoms with Crippen LogP contribution in [0.4, 0.5) is 5.69 Å². The van der Waals surface area contributed by atoms with Gasteiger partial charge in [-0.15, -0.1) is 0 Å². The molecule has 0 aliphatic heterocycles. The maximum atomic E-state index is 12.1. The molecule has 1 amide bonds. The molecule has 9 heteroatoms. The van der Waals surface area contributed by atoms with Crippen LogP contribution >= 0.6 is 11.8 Å². The molecule has 124 valence electrons. The van der Waals surface area contributed by atoms with Crippen LogP contribution in [0.25, 0.3) is 11.2 Å². The minimum Gasteiger partial charge on any atom is -0.495 e. The molecule has 24 heavy (non-hydrogen) atoms. The van der Waals surface area contributed by atoms with Gasteiger partial charge in [-0.25, -0.2) is 9.97 Å². The Balaban J connectivity index is 1.72. The Morgan fingerprint density at radius 1 is 1.42 bits per heavy atom. The summed E-state index contributed by atoms with van der Waals surface area (Å²) in [6.07, 6.45) is 1.33. The van der Waals surface area contributed by atoms with Crippen LogP contribution < -0.4 is 15.6 Å². The fourth-order valence-electron chi connectivity index (χ4n) is 2.18. The summed E-state index contributed by atoms with van der Waals surface area (Å²) in [6.45, 7) is 0. The summed E-state index contributed by atoms with van der Waals surface area (Å²) in [7, 11) is 3.30. The van der Waals surface area contributed by atoms with E-state index in [4.69, 9.17) is 4.74 Å². The van der Waals surface area contributed by atoms with Crippen molar-refractivity contribution in [2.45, 2.75) is 5.16 Å². The molecule has 3 rings (SSSR count). The molecule has 8 nitrogen and oxygen atoms in total. The summed E-state index contributed by atoms with van der Waals surface area (Å²) in [5, 5.41) is 3.34. The predicted molar refractivity (Wildman–Crippen MR) is 91.5 cm³/mol.